The summed E-state index contributed by atoms with van der Waals surface area (Å²) in [6.45, 7) is 5.03. The second kappa shape index (κ2) is 6.05. The second-order valence-electron chi connectivity index (χ2n) is 4.12. The predicted octanol–water partition coefficient (Wildman–Crippen LogP) is 2.95. The SMILES string of the molecule is CCOc1cc(Nc2cnn(CC)c2)cc([N+](=O)[O-])c1. The highest BCUT2D eigenvalue weighted by Crippen LogP contribution is 2.28. The van der Waals surface area contributed by atoms with Crippen molar-refractivity contribution < 1.29 is 9.66 Å². The van der Waals surface area contributed by atoms with Crippen molar-refractivity contribution in [1.82, 2.24) is 9.78 Å². The molecule has 0 saturated heterocycles. The van der Waals surface area contributed by atoms with Gasteiger partial charge >= 0.3 is 0 Å². The zero-order valence-corrected chi connectivity index (χ0v) is 11.4. The summed E-state index contributed by atoms with van der Waals surface area (Å²) in [6.07, 6.45) is 3.50. The number of benzene rings is 1. The molecule has 7 heteroatoms. The first-order chi connectivity index (χ1) is 9.62. The lowest BCUT2D eigenvalue weighted by Gasteiger charge is -2.07. The van der Waals surface area contributed by atoms with Gasteiger partial charge in [0, 0.05) is 30.6 Å². The molecule has 2 aromatic rings. The number of nitrogens with zero attached hydrogens (tertiary/aromatic N) is 3. The summed E-state index contributed by atoms with van der Waals surface area (Å²) in [7, 11) is 0. The summed E-state index contributed by atoms with van der Waals surface area (Å²) in [5.41, 5.74) is 1.36. The van der Waals surface area contributed by atoms with E-state index in [1.54, 1.807) is 16.9 Å². The second-order valence-corrected chi connectivity index (χ2v) is 4.12. The van der Waals surface area contributed by atoms with E-state index in [2.05, 4.69) is 10.4 Å². The summed E-state index contributed by atoms with van der Waals surface area (Å²) >= 11 is 0. The molecular weight excluding hydrogens is 260 g/mol. The Balaban J connectivity index is 2.27. The van der Waals surface area contributed by atoms with Gasteiger partial charge in [-0.15, -0.1) is 0 Å². The molecule has 0 unspecified atom stereocenters. The number of anilines is 2. The maximum Gasteiger partial charge on any atom is 0.275 e. The van der Waals surface area contributed by atoms with Gasteiger partial charge in [-0.25, -0.2) is 0 Å². The minimum Gasteiger partial charge on any atom is -0.494 e. The zero-order chi connectivity index (χ0) is 14.5. The average Bonchev–Trinajstić information content (AvgIpc) is 2.86. The number of hydrogen-bond donors (Lipinski definition) is 1. The first-order valence-corrected chi connectivity index (χ1v) is 6.34. The number of aromatic nitrogens is 2. The summed E-state index contributed by atoms with van der Waals surface area (Å²) in [4.78, 5) is 10.5. The van der Waals surface area contributed by atoms with E-state index in [9.17, 15) is 10.1 Å². The smallest absolute Gasteiger partial charge is 0.275 e. The Bertz CT molecular complexity index is 609. The fraction of sp³-hybridized carbons (Fsp3) is 0.308. The average molecular weight is 276 g/mol. The normalized spacial score (nSPS) is 10.3. The van der Waals surface area contributed by atoms with Crippen LogP contribution in [0.4, 0.5) is 17.1 Å². The van der Waals surface area contributed by atoms with Crippen molar-refractivity contribution in [2.75, 3.05) is 11.9 Å². The maximum atomic E-state index is 10.9. The molecule has 1 heterocycles. The van der Waals surface area contributed by atoms with Crippen LogP contribution in [0.3, 0.4) is 0 Å². The summed E-state index contributed by atoms with van der Waals surface area (Å²) in [5, 5.41) is 18.1. The van der Waals surface area contributed by atoms with Crippen LogP contribution in [0.15, 0.2) is 30.6 Å². The highest BCUT2D eigenvalue weighted by Gasteiger charge is 2.11. The Hall–Kier alpha value is -2.57. The molecule has 0 saturated carbocycles. The first-order valence-electron chi connectivity index (χ1n) is 6.34. The lowest BCUT2D eigenvalue weighted by atomic mass is 10.2. The van der Waals surface area contributed by atoms with Crippen LogP contribution in [0.2, 0.25) is 0 Å². The van der Waals surface area contributed by atoms with Gasteiger partial charge < -0.3 is 10.1 Å². The third-order valence-corrected chi connectivity index (χ3v) is 2.66. The Labute approximate surface area is 116 Å². The minimum atomic E-state index is -0.441. The Kier molecular flexibility index (Phi) is 4.19. The molecule has 1 aromatic carbocycles. The van der Waals surface area contributed by atoms with Gasteiger partial charge in [0.05, 0.1) is 29.5 Å². The monoisotopic (exact) mass is 276 g/mol. The van der Waals surface area contributed by atoms with Crippen molar-refractivity contribution in [2.24, 2.45) is 0 Å². The maximum absolute atomic E-state index is 10.9. The molecule has 7 nitrogen and oxygen atoms in total. The molecule has 0 aliphatic rings. The van der Waals surface area contributed by atoms with E-state index < -0.39 is 4.92 Å². The van der Waals surface area contributed by atoms with Crippen LogP contribution in [0.5, 0.6) is 5.75 Å². The van der Waals surface area contributed by atoms with Gasteiger partial charge in [-0.3, -0.25) is 14.8 Å². The van der Waals surface area contributed by atoms with Crippen molar-refractivity contribution in [1.29, 1.82) is 0 Å². The lowest BCUT2D eigenvalue weighted by molar-refractivity contribution is -0.384. The standard InChI is InChI=1S/C13H16N4O3/c1-3-16-9-11(8-14-16)15-10-5-12(17(18)19)7-13(6-10)20-4-2/h5-9,15H,3-4H2,1-2H3. The van der Waals surface area contributed by atoms with E-state index in [1.807, 2.05) is 20.0 Å². The Morgan fingerprint density at radius 2 is 2.15 bits per heavy atom. The highest BCUT2D eigenvalue weighted by atomic mass is 16.6. The van der Waals surface area contributed by atoms with Crippen molar-refractivity contribution in [3.8, 4) is 5.75 Å². The van der Waals surface area contributed by atoms with E-state index in [0.29, 0.717) is 18.0 Å². The topological polar surface area (TPSA) is 82.2 Å². The molecule has 106 valence electrons. The van der Waals surface area contributed by atoms with Crippen molar-refractivity contribution in [3.05, 3.63) is 40.7 Å². The number of hydrogen-bond acceptors (Lipinski definition) is 5. The van der Waals surface area contributed by atoms with Crippen LogP contribution in [0.25, 0.3) is 0 Å². The first kappa shape index (κ1) is 13.9. The van der Waals surface area contributed by atoms with Gasteiger partial charge in [0.1, 0.15) is 5.75 Å². The largest absolute Gasteiger partial charge is 0.494 e. The van der Waals surface area contributed by atoms with Gasteiger partial charge in [0.2, 0.25) is 0 Å². The molecule has 0 atom stereocenters. The third-order valence-electron chi connectivity index (χ3n) is 2.66. The van der Waals surface area contributed by atoms with Gasteiger partial charge in [0.15, 0.2) is 0 Å². The van der Waals surface area contributed by atoms with Crippen LogP contribution in [-0.2, 0) is 6.54 Å². The molecule has 0 aliphatic carbocycles. The van der Waals surface area contributed by atoms with Crippen LogP contribution >= 0.6 is 0 Å². The van der Waals surface area contributed by atoms with E-state index >= 15 is 0 Å². The van der Waals surface area contributed by atoms with Crippen LogP contribution in [0, 0.1) is 10.1 Å². The van der Waals surface area contributed by atoms with E-state index in [-0.39, 0.29) is 5.69 Å². The summed E-state index contributed by atoms with van der Waals surface area (Å²) in [6, 6.07) is 4.59. The van der Waals surface area contributed by atoms with E-state index in [4.69, 9.17) is 4.74 Å². The molecule has 2 rings (SSSR count). The molecule has 0 bridgehead atoms. The minimum absolute atomic E-state index is 0.0127. The number of nitrogens with one attached hydrogen (secondary N) is 1. The lowest BCUT2D eigenvalue weighted by Crippen LogP contribution is -1.97. The quantitative estimate of drug-likeness (QED) is 0.648. The number of nitro benzene ring substituents is 1. The van der Waals surface area contributed by atoms with Gasteiger partial charge in [-0.1, -0.05) is 0 Å². The molecule has 0 amide bonds. The molecule has 1 aromatic heterocycles. The zero-order valence-electron chi connectivity index (χ0n) is 11.4. The van der Waals surface area contributed by atoms with Crippen LogP contribution < -0.4 is 10.1 Å². The van der Waals surface area contributed by atoms with Gasteiger partial charge in [-0.2, -0.15) is 5.10 Å². The van der Waals surface area contributed by atoms with Crippen LogP contribution in [0.1, 0.15) is 13.8 Å². The van der Waals surface area contributed by atoms with Crippen molar-refractivity contribution in [3.63, 3.8) is 0 Å². The fourth-order valence-electron chi connectivity index (χ4n) is 1.78. The number of rotatable bonds is 6. The van der Waals surface area contributed by atoms with Crippen molar-refractivity contribution in [2.45, 2.75) is 20.4 Å². The van der Waals surface area contributed by atoms with E-state index in [0.717, 1.165) is 12.2 Å². The molecule has 1 N–H and O–H groups in total. The Morgan fingerprint density at radius 3 is 2.75 bits per heavy atom. The number of aryl methyl sites for hydroxylation is 1. The molecule has 0 fully saturated rings. The number of non-ortho nitro benzene ring substituents is 1. The molecule has 0 radical (unpaired) electrons. The highest BCUT2D eigenvalue weighted by molar-refractivity contribution is 5.63. The summed E-state index contributed by atoms with van der Waals surface area (Å²) < 4.78 is 7.10. The Morgan fingerprint density at radius 1 is 1.35 bits per heavy atom. The molecule has 0 spiro atoms. The summed E-state index contributed by atoms with van der Waals surface area (Å²) in [5.74, 6) is 0.465. The molecular formula is C13H16N4O3. The fourth-order valence-corrected chi connectivity index (χ4v) is 1.78. The van der Waals surface area contributed by atoms with Gasteiger partial charge in [0.25, 0.3) is 5.69 Å². The van der Waals surface area contributed by atoms with Gasteiger partial charge in [-0.05, 0) is 13.8 Å². The van der Waals surface area contributed by atoms with E-state index in [1.165, 1.54) is 12.1 Å². The number of nitro groups is 1. The predicted molar refractivity (Wildman–Crippen MR) is 75.4 cm³/mol. The third kappa shape index (κ3) is 3.25. The molecule has 20 heavy (non-hydrogen) atoms. The molecule has 0 aliphatic heterocycles. The number of ether oxygens (including phenoxy) is 1. The van der Waals surface area contributed by atoms with Crippen molar-refractivity contribution >= 4 is 17.1 Å². The van der Waals surface area contributed by atoms with Crippen LogP contribution in [-0.4, -0.2) is 21.3 Å².